The van der Waals surface area contributed by atoms with Crippen LogP contribution in [0.25, 0.3) is 5.76 Å². The maximum Gasteiger partial charge on any atom is 0.295 e. The van der Waals surface area contributed by atoms with Crippen molar-refractivity contribution in [2.24, 2.45) is 0 Å². The number of carbonyl (C=O) groups is 2. The minimum Gasteiger partial charge on any atom is -0.507 e. The summed E-state index contributed by atoms with van der Waals surface area (Å²) in [5.41, 5.74) is 2.03. The number of sulfonamides is 1. The molecule has 3 rings (SSSR count). The zero-order valence-corrected chi connectivity index (χ0v) is 21.0. The van der Waals surface area contributed by atoms with Crippen LogP contribution in [0.1, 0.15) is 29.2 Å². The van der Waals surface area contributed by atoms with Crippen molar-refractivity contribution in [2.75, 3.05) is 41.3 Å². The molecular formula is C25H31N3O5S. The first kappa shape index (κ1) is 25.6. The van der Waals surface area contributed by atoms with E-state index in [2.05, 4.69) is 0 Å². The molecule has 1 amide bonds. The van der Waals surface area contributed by atoms with E-state index >= 15 is 0 Å². The Morgan fingerprint density at radius 3 is 2.09 bits per heavy atom. The van der Waals surface area contributed by atoms with Gasteiger partial charge in [0.15, 0.2) is 0 Å². The van der Waals surface area contributed by atoms with Gasteiger partial charge >= 0.3 is 0 Å². The van der Waals surface area contributed by atoms with Crippen molar-refractivity contribution in [1.82, 2.24) is 14.1 Å². The van der Waals surface area contributed by atoms with E-state index in [-0.39, 0.29) is 21.8 Å². The molecule has 0 aliphatic carbocycles. The van der Waals surface area contributed by atoms with Crippen LogP contribution in [0.3, 0.4) is 0 Å². The van der Waals surface area contributed by atoms with Crippen LogP contribution in [-0.4, -0.2) is 80.6 Å². The van der Waals surface area contributed by atoms with Crippen molar-refractivity contribution in [3.63, 3.8) is 0 Å². The Morgan fingerprint density at radius 2 is 1.56 bits per heavy atom. The van der Waals surface area contributed by atoms with E-state index < -0.39 is 27.8 Å². The van der Waals surface area contributed by atoms with Gasteiger partial charge < -0.3 is 14.9 Å². The molecule has 0 bridgehead atoms. The van der Waals surface area contributed by atoms with Crippen LogP contribution in [0.2, 0.25) is 0 Å². The highest BCUT2D eigenvalue weighted by Gasteiger charge is 2.45. The van der Waals surface area contributed by atoms with Crippen LogP contribution in [-0.2, 0) is 19.6 Å². The van der Waals surface area contributed by atoms with Crippen molar-refractivity contribution >= 4 is 27.5 Å². The van der Waals surface area contributed by atoms with E-state index in [0.717, 1.165) is 22.0 Å². The number of carbonyl (C=O) groups excluding carboxylic acids is 2. The number of amides is 1. The van der Waals surface area contributed by atoms with Gasteiger partial charge in [-0.3, -0.25) is 9.59 Å². The SMILES string of the molecule is Cc1ccc(C2C(=C(O)c3ccc(S(=O)(=O)N(C)C)cc3)C(=O)C(=O)N2CCCN(C)C)cc1. The molecule has 1 saturated heterocycles. The molecule has 34 heavy (non-hydrogen) atoms. The van der Waals surface area contributed by atoms with Crippen molar-refractivity contribution in [3.8, 4) is 0 Å². The molecule has 1 fully saturated rings. The summed E-state index contributed by atoms with van der Waals surface area (Å²) in [6.07, 6.45) is 0.666. The van der Waals surface area contributed by atoms with Crippen LogP contribution in [0.15, 0.2) is 59.0 Å². The van der Waals surface area contributed by atoms with Crippen molar-refractivity contribution in [1.29, 1.82) is 0 Å². The number of ketones is 1. The Bertz CT molecular complexity index is 1200. The minimum absolute atomic E-state index is 0.00178. The number of hydrogen-bond acceptors (Lipinski definition) is 6. The van der Waals surface area contributed by atoms with E-state index in [9.17, 15) is 23.1 Å². The topological polar surface area (TPSA) is 98.2 Å². The highest BCUT2D eigenvalue weighted by atomic mass is 32.2. The fourth-order valence-corrected chi connectivity index (χ4v) is 4.82. The minimum atomic E-state index is -3.64. The van der Waals surface area contributed by atoms with E-state index in [1.54, 1.807) is 0 Å². The molecule has 1 N–H and O–H groups in total. The van der Waals surface area contributed by atoms with Gasteiger partial charge in [-0.25, -0.2) is 12.7 Å². The normalized spacial score (nSPS) is 18.3. The summed E-state index contributed by atoms with van der Waals surface area (Å²) in [7, 11) is 3.10. The van der Waals surface area contributed by atoms with Crippen LogP contribution < -0.4 is 0 Å². The number of Topliss-reactive ketones (excluding diaryl/α,β-unsaturated/α-hetero) is 1. The van der Waals surface area contributed by atoms with Crippen LogP contribution >= 0.6 is 0 Å². The van der Waals surface area contributed by atoms with Crippen molar-refractivity contribution in [3.05, 3.63) is 70.8 Å². The van der Waals surface area contributed by atoms with Crippen LogP contribution in [0.5, 0.6) is 0 Å². The third-order valence-corrected chi connectivity index (χ3v) is 7.67. The van der Waals surface area contributed by atoms with E-state index in [4.69, 9.17) is 0 Å². The average Bonchev–Trinajstić information content (AvgIpc) is 3.04. The fourth-order valence-electron chi connectivity index (χ4n) is 3.91. The molecule has 1 atom stereocenters. The smallest absolute Gasteiger partial charge is 0.295 e. The second-order valence-electron chi connectivity index (χ2n) is 8.87. The first-order valence-electron chi connectivity index (χ1n) is 11.0. The van der Waals surface area contributed by atoms with E-state index in [0.29, 0.717) is 13.0 Å². The second kappa shape index (κ2) is 10.1. The molecule has 0 aromatic heterocycles. The van der Waals surface area contributed by atoms with Gasteiger partial charge in [0.05, 0.1) is 16.5 Å². The molecule has 182 valence electrons. The maximum absolute atomic E-state index is 13.1. The summed E-state index contributed by atoms with van der Waals surface area (Å²) in [4.78, 5) is 29.6. The Hall–Kier alpha value is -3.01. The fraction of sp³-hybridized carbons (Fsp3) is 0.360. The summed E-state index contributed by atoms with van der Waals surface area (Å²) >= 11 is 0. The Morgan fingerprint density at radius 1 is 0.971 bits per heavy atom. The van der Waals surface area contributed by atoms with Gasteiger partial charge in [0, 0.05) is 26.2 Å². The zero-order valence-electron chi connectivity index (χ0n) is 20.1. The summed E-state index contributed by atoms with van der Waals surface area (Å²) in [6, 6.07) is 12.4. The van der Waals surface area contributed by atoms with Crippen molar-refractivity contribution in [2.45, 2.75) is 24.3 Å². The summed E-state index contributed by atoms with van der Waals surface area (Å²) < 4.78 is 25.8. The summed E-state index contributed by atoms with van der Waals surface area (Å²) in [6.45, 7) is 3.05. The molecule has 1 unspecified atom stereocenters. The van der Waals surface area contributed by atoms with Crippen molar-refractivity contribution < 1.29 is 23.1 Å². The largest absolute Gasteiger partial charge is 0.507 e. The maximum atomic E-state index is 13.1. The molecular weight excluding hydrogens is 454 g/mol. The van der Waals surface area contributed by atoms with E-state index in [1.807, 2.05) is 50.2 Å². The predicted octanol–water partition coefficient (Wildman–Crippen LogP) is 2.62. The molecule has 0 radical (unpaired) electrons. The molecule has 2 aromatic carbocycles. The standard InChI is InChI=1S/C25H31N3O5S/c1-17-7-9-18(10-8-17)22-21(24(30)25(31)28(22)16-6-15-26(2)3)23(29)19-11-13-20(14-12-19)34(32,33)27(4)5/h7-14,22,29H,6,15-16H2,1-5H3. The number of rotatable bonds is 8. The zero-order chi connectivity index (χ0) is 25.2. The van der Waals surface area contributed by atoms with Gasteiger partial charge in [-0.1, -0.05) is 29.8 Å². The van der Waals surface area contributed by atoms with Gasteiger partial charge in [0.1, 0.15) is 5.76 Å². The lowest BCUT2D eigenvalue weighted by molar-refractivity contribution is -0.139. The quantitative estimate of drug-likeness (QED) is 0.351. The monoisotopic (exact) mass is 485 g/mol. The highest BCUT2D eigenvalue weighted by Crippen LogP contribution is 2.39. The molecule has 1 aliphatic heterocycles. The van der Waals surface area contributed by atoms with Crippen LogP contribution in [0.4, 0.5) is 0 Å². The molecule has 2 aromatic rings. The highest BCUT2D eigenvalue weighted by molar-refractivity contribution is 7.89. The molecule has 0 spiro atoms. The van der Waals surface area contributed by atoms with Crippen LogP contribution in [0, 0.1) is 6.92 Å². The van der Waals surface area contributed by atoms with Gasteiger partial charge in [0.25, 0.3) is 11.7 Å². The predicted molar refractivity (Wildman–Crippen MR) is 131 cm³/mol. The first-order valence-corrected chi connectivity index (χ1v) is 12.4. The van der Waals surface area contributed by atoms with Gasteiger partial charge in [-0.15, -0.1) is 0 Å². The number of aryl methyl sites for hydroxylation is 1. The molecule has 9 heteroatoms. The third kappa shape index (κ3) is 5.06. The number of aliphatic hydroxyl groups is 1. The lowest BCUT2D eigenvalue weighted by atomic mass is 9.94. The number of nitrogens with zero attached hydrogens (tertiary/aromatic N) is 3. The van der Waals surface area contributed by atoms with E-state index in [1.165, 1.54) is 43.3 Å². The number of aliphatic hydroxyl groups excluding tert-OH is 1. The van der Waals surface area contributed by atoms with Gasteiger partial charge in [-0.05, 0) is 63.8 Å². The van der Waals surface area contributed by atoms with Gasteiger partial charge in [-0.2, -0.15) is 0 Å². The Kier molecular flexibility index (Phi) is 7.60. The Balaban J connectivity index is 2.08. The lowest BCUT2D eigenvalue weighted by Crippen LogP contribution is -2.32. The molecule has 8 nitrogen and oxygen atoms in total. The molecule has 1 heterocycles. The molecule has 0 saturated carbocycles. The Labute approximate surface area is 201 Å². The van der Waals surface area contributed by atoms with Gasteiger partial charge in [0.2, 0.25) is 10.0 Å². The number of benzene rings is 2. The second-order valence-corrected chi connectivity index (χ2v) is 11.0. The molecule has 1 aliphatic rings. The number of hydrogen-bond donors (Lipinski definition) is 1. The lowest BCUT2D eigenvalue weighted by Gasteiger charge is -2.26. The average molecular weight is 486 g/mol. The summed E-state index contributed by atoms with van der Waals surface area (Å²) in [5, 5.41) is 11.1. The first-order chi connectivity index (χ1) is 15.9. The summed E-state index contributed by atoms with van der Waals surface area (Å²) in [5.74, 6) is -1.73. The number of likely N-dealkylation sites (tertiary alicyclic amines) is 1. The third-order valence-electron chi connectivity index (χ3n) is 5.84.